The van der Waals surface area contributed by atoms with E-state index in [2.05, 4.69) is 10.6 Å². The van der Waals surface area contributed by atoms with Crippen LogP contribution in [0.15, 0.2) is 54.6 Å². The summed E-state index contributed by atoms with van der Waals surface area (Å²) in [7, 11) is 0. The summed E-state index contributed by atoms with van der Waals surface area (Å²) < 4.78 is 42.4. The molecule has 116 valence electrons. The molecule has 0 unspecified atom stereocenters. The van der Waals surface area contributed by atoms with E-state index in [0.29, 0.717) is 5.75 Å². The van der Waals surface area contributed by atoms with Crippen molar-refractivity contribution in [2.45, 2.75) is 6.18 Å². The van der Waals surface area contributed by atoms with Gasteiger partial charge in [0.25, 0.3) is 0 Å². The van der Waals surface area contributed by atoms with Crippen LogP contribution in [-0.4, -0.2) is 12.8 Å². The predicted molar refractivity (Wildman–Crippen MR) is 75.5 cm³/mol. The van der Waals surface area contributed by atoms with Crippen molar-refractivity contribution in [2.24, 2.45) is 0 Å². The number of hydrogen-bond donors (Lipinski definition) is 2. The third-order valence-corrected chi connectivity index (χ3v) is 2.68. The van der Waals surface area contributed by atoms with Gasteiger partial charge in [-0.3, -0.25) is 0 Å². The molecule has 0 spiro atoms. The van der Waals surface area contributed by atoms with Crippen LogP contribution in [0.2, 0.25) is 0 Å². The normalized spacial score (nSPS) is 10.9. The number of halogens is 3. The van der Waals surface area contributed by atoms with Gasteiger partial charge in [-0.25, -0.2) is 4.79 Å². The summed E-state index contributed by atoms with van der Waals surface area (Å²) in [6, 6.07) is 12.5. The lowest BCUT2D eigenvalue weighted by Gasteiger charge is -2.10. The number of carbonyl (C=O) groups excluding carboxylic acids is 1. The Balaban J connectivity index is 1.79. The number of urea groups is 1. The maximum atomic E-state index is 12.4. The molecule has 0 saturated carbocycles. The zero-order valence-electron chi connectivity index (χ0n) is 11.4. The lowest BCUT2D eigenvalue weighted by Crippen LogP contribution is -2.32. The SMILES string of the molecule is O=C(NCOc1ccccc1)Nc1ccc(C(F)(F)F)cc1. The lowest BCUT2D eigenvalue weighted by atomic mass is 10.2. The number of carbonyl (C=O) groups is 1. The number of nitrogens with one attached hydrogen (secondary N) is 2. The number of ether oxygens (including phenoxy) is 1. The molecular formula is C15H13F3N2O2. The van der Waals surface area contributed by atoms with E-state index in [0.717, 1.165) is 12.1 Å². The smallest absolute Gasteiger partial charge is 0.416 e. The molecular weight excluding hydrogens is 297 g/mol. The van der Waals surface area contributed by atoms with E-state index in [9.17, 15) is 18.0 Å². The molecule has 4 nitrogen and oxygen atoms in total. The van der Waals surface area contributed by atoms with E-state index in [1.165, 1.54) is 12.1 Å². The molecule has 2 aromatic carbocycles. The maximum absolute atomic E-state index is 12.4. The Bertz CT molecular complexity index is 613. The van der Waals surface area contributed by atoms with Crippen molar-refractivity contribution in [3.63, 3.8) is 0 Å². The highest BCUT2D eigenvalue weighted by Gasteiger charge is 2.29. The topological polar surface area (TPSA) is 50.4 Å². The molecule has 0 fully saturated rings. The van der Waals surface area contributed by atoms with Crippen molar-refractivity contribution in [1.29, 1.82) is 0 Å². The number of amides is 2. The first-order valence-corrected chi connectivity index (χ1v) is 6.35. The molecule has 0 aliphatic rings. The Morgan fingerprint density at radius 3 is 2.23 bits per heavy atom. The highest BCUT2D eigenvalue weighted by molar-refractivity contribution is 5.89. The van der Waals surface area contributed by atoms with Crippen molar-refractivity contribution in [2.75, 3.05) is 12.0 Å². The lowest BCUT2D eigenvalue weighted by molar-refractivity contribution is -0.137. The first-order chi connectivity index (χ1) is 10.4. The Morgan fingerprint density at radius 2 is 1.64 bits per heavy atom. The number of rotatable bonds is 4. The molecule has 7 heteroatoms. The van der Waals surface area contributed by atoms with Crippen molar-refractivity contribution in [3.05, 3.63) is 60.2 Å². The molecule has 2 N–H and O–H groups in total. The van der Waals surface area contributed by atoms with Gasteiger partial charge in [-0.2, -0.15) is 13.2 Å². The first-order valence-electron chi connectivity index (χ1n) is 6.35. The van der Waals surface area contributed by atoms with Crippen LogP contribution in [-0.2, 0) is 6.18 Å². The number of para-hydroxylation sites is 1. The Morgan fingerprint density at radius 1 is 1.00 bits per heavy atom. The van der Waals surface area contributed by atoms with Crippen LogP contribution >= 0.6 is 0 Å². The third kappa shape index (κ3) is 4.69. The average molecular weight is 310 g/mol. The fourth-order valence-electron chi connectivity index (χ4n) is 1.62. The molecule has 0 aromatic heterocycles. The van der Waals surface area contributed by atoms with Gasteiger partial charge < -0.3 is 15.4 Å². The van der Waals surface area contributed by atoms with Crippen molar-refractivity contribution >= 4 is 11.7 Å². The van der Waals surface area contributed by atoms with Crippen LogP contribution in [0.1, 0.15) is 5.56 Å². The second kappa shape index (κ2) is 6.84. The predicted octanol–water partition coefficient (Wildman–Crippen LogP) is 3.86. The summed E-state index contributed by atoms with van der Waals surface area (Å²) in [6.07, 6.45) is -4.40. The van der Waals surface area contributed by atoms with Gasteiger partial charge in [-0.15, -0.1) is 0 Å². The van der Waals surface area contributed by atoms with Gasteiger partial charge in [-0.1, -0.05) is 18.2 Å². The van der Waals surface area contributed by atoms with E-state index in [-0.39, 0.29) is 12.4 Å². The highest BCUT2D eigenvalue weighted by Crippen LogP contribution is 2.29. The third-order valence-electron chi connectivity index (χ3n) is 2.68. The van der Waals surface area contributed by atoms with Gasteiger partial charge in [0, 0.05) is 5.69 Å². The zero-order valence-corrected chi connectivity index (χ0v) is 11.4. The van der Waals surface area contributed by atoms with E-state index in [1.54, 1.807) is 24.3 Å². The molecule has 0 heterocycles. The van der Waals surface area contributed by atoms with Crippen LogP contribution in [0.3, 0.4) is 0 Å². The standard InChI is InChI=1S/C15H13F3N2O2/c16-15(17,18)11-6-8-12(9-7-11)20-14(21)19-10-22-13-4-2-1-3-5-13/h1-9H,10H2,(H2,19,20,21). The summed E-state index contributed by atoms with van der Waals surface area (Å²) in [5, 5.41) is 4.84. The molecule has 0 bridgehead atoms. The minimum atomic E-state index is -4.40. The minimum absolute atomic E-state index is 0.0590. The minimum Gasteiger partial charge on any atom is -0.473 e. The maximum Gasteiger partial charge on any atom is 0.416 e. The zero-order chi connectivity index (χ0) is 16.0. The van der Waals surface area contributed by atoms with Gasteiger partial charge >= 0.3 is 12.2 Å². The fourth-order valence-corrected chi connectivity index (χ4v) is 1.62. The summed E-state index contributed by atoms with van der Waals surface area (Å²) in [5.41, 5.74) is -0.518. The molecule has 2 aromatic rings. The summed E-state index contributed by atoms with van der Waals surface area (Å²) in [5.74, 6) is 0.595. The monoisotopic (exact) mass is 310 g/mol. The number of alkyl halides is 3. The quantitative estimate of drug-likeness (QED) is 0.842. The van der Waals surface area contributed by atoms with Gasteiger partial charge in [-0.05, 0) is 36.4 Å². The van der Waals surface area contributed by atoms with Crippen LogP contribution in [0.5, 0.6) is 5.75 Å². The number of anilines is 1. The second-order valence-corrected chi connectivity index (χ2v) is 4.31. The molecule has 0 atom stereocenters. The van der Waals surface area contributed by atoms with Crippen molar-refractivity contribution in [1.82, 2.24) is 5.32 Å². The van der Waals surface area contributed by atoms with Crippen LogP contribution < -0.4 is 15.4 Å². The summed E-state index contributed by atoms with van der Waals surface area (Å²) in [6.45, 7) is -0.0590. The number of hydrogen-bond acceptors (Lipinski definition) is 2. The van der Waals surface area contributed by atoms with Crippen molar-refractivity contribution < 1.29 is 22.7 Å². The van der Waals surface area contributed by atoms with Gasteiger partial charge in [0.15, 0.2) is 6.73 Å². The molecule has 22 heavy (non-hydrogen) atoms. The van der Waals surface area contributed by atoms with Gasteiger partial charge in [0.1, 0.15) is 5.75 Å². The highest BCUT2D eigenvalue weighted by atomic mass is 19.4. The fraction of sp³-hybridized carbons (Fsp3) is 0.133. The van der Waals surface area contributed by atoms with E-state index in [4.69, 9.17) is 4.74 Å². The van der Waals surface area contributed by atoms with Crippen molar-refractivity contribution in [3.8, 4) is 5.75 Å². The van der Waals surface area contributed by atoms with Crippen LogP contribution in [0.25, 0.3) is 0 Å². The summed E-state index contributed by atoms with van der Waals surface area (Å²) >= 11 is 0. The Kier molecular flexibility index (Phi) is 4.88. The van der Waals surface area contributed by atoms with E-state index < -0.39 is 17.8 Å². The van der Waals surface area contributed by atoms with Gasteiger partial charge in [0.2, 0.25) is 0 Å². The average Bonchev–Trinajstić information content (AvgIpc) is 2.48. The number of benzene rings is 2. The Labute approximate surface area is 124 Å². The molecule has 0 aliphatic heterocycles. The Hall–Kier alpha value is -2.70. The molecule has 0 aliphatic carbocycles. The van der Waals surface area contributed by atoms with Crippen LogP contribution in [0, 0.1) is 0 Å². The van der Waals surface area contributed by atoms with Crippen LogP contribution in [0.4, 0.5) is 23.7 Å². The second-order valence-electron chi connectivity index (χ2n) is 4.31. The van der Waals surface area contributed by atoms with E-state index >= 15 is 0 Å². The van der Waals surface area contributed by atoms with E-state index in [1.807, 2.05) is 6.07 Å². The summed E-state index contributed by atoms with van der Waals surface area (Å²) in [4.78, 5) is 11.6. The van der Waals surface area contributed by atoms with Gasteiger partial charge in [0.05, 0.1) is 5.56 Å². The molecule has 0 radical (unpaired) electrons. The first kappa shape index (κ1) is 15.7. The largest absolute Gasteiger partial charge is 0.473 e. The molecule has 2 amide bonds. The molecule has 0 saturated heterocycles. The molecule has 2 rings (SSSR count).